The van der Waals surface area contributed by atoms with Crippen LogP contribution in [0.4, 0.5) is 0 Å². The molecule has 0 aromatic carbocycles. The molecule has 2 nitrogen and oxygen atoms in total. The highest BCUT2D eigenvalue weighted by Crippen LogP contribution is 2.44. The van der Waals surface area contributed by atoms with E-state index in [1.165, 1.54) is 37.0 Å². The second-order valence-corrected chi connectivity index (χ2v) is 6.35. The van der Waals surface area contributed by atoms with Gasteiger partial charge in [-0.1, -0.05) is 6.42 Å². The summed E-state index contributed by atoms with van der Waals surface area (Å²) in [4.78, 5) is 13.6. The average Bonchev–Trinajstić information content (AvgIpc) is 2.92. The van der Waals surface area contributed by atoms with Gasteiger partial charge < -0.3 is 5.32 Å². The van der Waals surface area contributed by atoms with Gasteiger partial charge >= 0.3 is 0 Å². The van der Waals surface area contributed by atoms with Crippen LogP contribution in [0.3, 0.4) is 0 Å². The van der Waals surface area contributed by atoms with Gasteiger partial charge in [0.05, 0.1) is 4.88 Å². The first kappa shape index (κ1) is 10.7. The molecule has 1 aromatic heterocycles. The maximum absolute atomic E-state index is 12.0. The summed E-state index contributed by atoms with van der Waals surface area (Å²) in [5.41, 5.74) is 0. The minimum Gasteiger partial charge on any atom is -0.348 e. The third-order valence-electron chi connectivity index (χ3n) is 3.86. The maximum atomic E-state index is 12.0. The quantitative estimate of drug-likeness (QED) is 0.780. The highest BCUT2D eigenvalue weighted by molar-refractivity contribution is 7.80. The van der Waals surface area contributed by atoms with Gasteiger partial charge in [0.25, 0.3) is 5.91 Å². The minimum atomic E-state index is 0.0860. The molecule has 4 heteroatoms. The van der Waals surface area contributed by atoms with Crippen LogP contribution in [-0.2, 0) is 0 Å². The lowest BCUT2D eigenvalue weighted by molar-refractivity contribution is 0.0927. The molecule has 16 heavy (non-hydrogen) atoms. The van der Waals surface area contributed by atoms with Gasteiger partial charge in [0.2, 0.25) is 0 Å². The number of carbonyl (C=O) groups excluding carboxylic acids is 1. The van der Waals surface area contributed by atoms with Crippen LogP contribution < -0.4 is 5.32 Å². The molecule has 1 heterocycles. The van der Waals surface area contributed by atoms with Crippen LogP contribution in [0.25, 0.3) is 0 Å². The average molecular weight is 253 g/mol. The molecular formula is C12H15NOS2. The van der Waals surface area contributed by atoms with E-state index < -0.39 is 0 Å². The lowest BCUT2D eigenvalue weighted by Gasteiger charge is -2.22. The van der Waals surface area contributed by atoms with E-state index in [1.54, 1.807) is 0 Å². The number of rotatable bonds is 2. The summed E-state index contributed by atoms with van der Waals surface area (Å²) in [5.74, 6) is 1.70. The maximum Gasteiger partial charge on any atom is 0.261 e. The van der Waals surface area contributed by atoms with Crippen LogP contribution >= 0.6 is 24.0 Å². The third kappa shape index (κ3) is 1.89. The van der Waals surface area contributed by atoms with E-state index in [1.807, 2.05) is 11.4 Å². The molecule has 1 N–H and O–H groups in total. The van der Waals surface area contributed by atoms with Crippen molar-refractivity contribution in [3.05, 3.63) is 16.3 Å². The fourth-order valence-corrected chi connectivity index (χ4v) is 4.16. The Morgan fingerprint density at radius 3 is 2.88 bits per heavy atom. The van der Waals surface area contributed by atoms with Gasteiger partial charge in [-0.3, -0.25) is 4.79 Å². The Balaban J connectivity index is 1.65. The molecule has 1 aromatic rings. The molecule has 3 rings (SSSR count). The van der Waals surface area contributed by atoms with E-state index in [9.17, 15) is 4.79 Å². The highest BCUT2D eigenvalue weighted by Gasteiger charge is 2.40. The molecule has 2 bridgehead atoms. The van der Waals surface area contributed by atoms with E-state index in [-0.39, 0.29) is 5.91 Å². The fourth-order valence-electron chi connectivity index (χ4n) is 3.11. The predicted octanol–water partition coefficient (Wildman–Crippen LogP) is 2.96. The van der Waals surface area contributed by atoms with Gasteiger partial charge in [-0.25, -0.2) is 0 Å². The summed E-state index contributed by atoms with van der Waals surface area (Å²) < 4.78 is 0. The Bertz CT molecular complexity index is 415. The Kier molecular flexibility index (Phi) is 2.72. The van der Waals surface area contributed by atoms with Crippen molar-refractivity contribution in [1.29, 1.82) is 0 Å². The highest BCUT2D eigenvalue weighted by atomic mass is 32.1. The first-order chi connectivity index (χ1) is 7.72. The topological polar surface area (TPSA) is 29.1 Å². The van der Waals surface area contributed by atoms with Gasteiger partial charge in [0, 0.05) is 16.3 Å². The molecule has 0 radical (unpaired) electrons. The van der Waals surface area contributed by atoms with Crippen molar-refractivity contribution in [3.63, 3.8) is 0 Å². The Morgan fingerprint density at radius 2 is 2.31 bits per heavy atom. The zero-order chi connectivity index (χ0) is 11.1. The first-order valence-electron chi connectivity index (χ1n) is 5.81. The summed E-state index contributed by atoms with van der Waals surface area (Å²) in [6, 6.07) is 2.27. The van der Waals surface area contributed by atoms with E-state index in [0.29, 0.717) is 6.04 Å². The molecule has 2 fully saturated rings. The number of thiol groups is 1. The van der Waals surface area contributed by atoms with Crippen LogP contribution in [0.5, 0.6) is 0 Å². The Morgan fingerprint density at radius 1 is 1.44 bits per heavy atom. The van der Waals surface area contributed by atoms with Crippen molar-refractivity contribution >= 4 is 29.9 Å². The number of fused-ring (bicyclic) bond motifs is 2. The van der Waals surface area contributed by atoms with Crippen molar-refractivity contribution in [2.45, 2.75) is 36.6 Å². The number of hydrogen-bond acceptors (Lipinski definition) is 3. The summed E-state index contributed by atoms with van der Waals surface area (Å²) in [7, 11) is 0. The number of hydrogen-bond donors (Lipinski definition) is 2. The van der Waals surface area contributed by atoms with Crippen LogP contribution in [0.2, 0.25) is 0 Å². The van der Waals surface area contributed by atoms with Crippen molar-refractivity contribution in [2.75, 3.05) is 0 Å². The molecule has 1 amide bonds. The second kappa shape index (κ2) is 4.08. The molecule has 0 aliphatic heterocycles. The molecule has 3 atom stereocenters. The number of carbonyl (C=O) groups is 1. The normalized spacial score (nSPS) is 31.9. The van der Waals surface area contributed by atoms with Gasteiger partial charge in [0.1, 0.15) is 0 Å². The van der Waals surface area contributed by atoms with Gasteiger partial charge in [-0.15, -0.1) is 24.0 Å². The number of amides is 1. The summed E-state index contributed by atoms with van der Waals surface area (Å²) in [6.45, 7) is 0. The Labute approximate surface area is 105 Å². The molecular weight excluding hydrogens is 238 g/mol. The molecule has 2 saturated carbocycles. The summed E-state index contributed by atoms with van der Waals surface area (Å²) in [5, 5.41) is 5.08. The fraction of sp³-hybridized carbons (Fsp3) is 0.583. The summed E-state index contributed by atoms with van der Waals surface area (Å²) >= 11 is 5.69. The SMILES string of the molecule is O=C(NC1CC2CCC1C2)c1cc(S)cs1. The van der Waals surface area contributed by atoms with E-state index in [2.05, 4.69) is 17.9 Å². The standard InChI is InChI=1S/C12H15NOS2/c14-12(11-5-9(15)6-16-11)13-10-4-7-1-2-8(10)3-7/h5-8,10,15H,1-4H2,(H,13,14). The van der Waals surface area contributed by atoms with E-state index in [0.717, 1.165) is 21.6 Å². The smallest absolute Gasteiger partial charge is 0.261 e. The van der Waals surface area contributed by atoms with Crippen LogP contribution in [-0.4, -0.2) is 11.9 Å². The number of nitrogens with one attached hydrogen (secondary N) is 1. The lowest BCUT2D eigenvalue weighted by atomic mass is 9.95. The minimum absolute atomic E-state index is 0.0860. The van der Waals surface area contributed by atoms with E-state index in [4.69, 9.17) is 0 Å². The lowest BCUT2D eigenvalue weighted by Crippen LogP contribution is -2.38. The zero-order valence-corrected chi connectivity index (χ0v) is 10.7. The molecule has 0 saturated heterocycles. The van der Waals surface area contributed by atoms with Crippen molar-refractivity contribution in [3.8, 4) is 0 Å². The van der Waals surface area contributed by atoms with Gasteiger partial charge in [-0.05, 0) is 37.2 Å². The largest absolute Gasteiger partial charge is 0.348 e. The predicted molar refractivity (Wildman–Crippen MR) is 68.3 cm³/mol. The molecule has 2 aliphatic carbocycles. The van der Waals surface area contributed by atoms with Crippen molar-refractivity contribution < 1.29 is 4.79 Å². The Hall–Kier alpha value is -0.480. The molecule has 3 unspecified atom stereocenters. The van der Waals surface area contributed by atoms with Gasteiger partial charge in [0.15, 0.2) is 0 Å². The molecule has 2 aliphatic rings. The van der Waals surface area contributed by atoms with Crippen LogP contribution in [0.1, 0.15) is 35.4 Å². The van der Waals surface area contributed by atoms with Gasteiger partial charge in [-0.2, -0.15) is 0 Å². The number of thiophene rings is 1. The van der Waals surface area contributed by atoms with Crippen molar-refractivity contribution in [1.82, 2.24) is 5.32 Å². The monoisotopic (exact) mass is 253 g/mol. The zero-order valence-electron chi connectivity index (χ0n) is 8.98. The first-order valence-corrected chi connectivity index (χ1v) is 7.13. The van der Waals surface area contributed by atoms with Crippen molar-refractivity contribution in [2.24, 2.45) is 11.8 Å². The third-order valence-corrected chi connectivity index (χ3v) is 5.23. The van der Waals surface area contributed by atoms with Crippen LogP contribution in [0, 0.1) is 11.8 Å². The molecule has 0 spiro atoms. The van der Waals surface area contributed by atoms with Crippen LogP contribution in [0.15, 0.2) is 16.3 Å². The summed E-state index contributed by atoms with van der Waals surface area (Å²) in [6.07, 6.45) is 5.19. The molecule has 86 valence electrons. The van der Waals surface area contributed by atoms with E-state index >= 15 is 0 Å². The second-order valence-electron chi connectivity index (χ2n) is 4.92.